The predicted molar refractivity (Wildman–Crippen MR) is 74.3 cm³/mol. The first-order valence-corrected chi connectivity index (χ1v) is 7.03. The number of benzene rings is 1. The van der Waals surface area contributed by atoms with E-state index in [1.807, 2.05) is 17.0 Å². The van der Waals surface area contributed by atoms with Crippen LogP contribution in [0.5, 0.6) is 0 Å². The van der Waals surface area contributed by atoms with Crippen LogP contribution in [0.25, 0.3) is 0 Å². The second kappa shape index (κ2) is 5.61. The Morgan fingerprint density at radius 2 is 2.21 bits per heavy atom. The molecular weight excluding hydrogens is 240 g/mol. The molecule has 2 aliphatic heterocycles. The third kappa shape index (κ3) is 2.73. The number of amides is 1. The van der Waals surface area contributed by atoms with Gasteiger partial charge in [0.2, 0.25) is 5.91 Å². The molecule has 2 aliphatic rings. The van der Waals surface area contributed by atoms with Gasteiger partial charge in [0, 0.05) is 44.3 Å². The minimum atomic E-state index is 0.258. The van der Waals surface area contributed by atoms with E-state index in [9.17, 15) is 4.79 Å². The van der Waals surface area contributed by atoms with Crippen molar-refractivity contribution in [3.05, 3.63) is 29.8 Å². The molecule has 4 heteroatoms. The van der Waals surface area contributed by atoms with Gasteiger partial charge in [-0.25, -0.2) is 0 Å². The monoisotopic (exact) mass is 260 g/mol. The summed E-state index contributed by atoms with van der Waals surface area (Å²) >= 11 is 0. The van der Waals surface area contributed by atoms with E-state index < -0.39 is 0 Å². The molecule has 0 aliphatic carbocycles. The molecule has 1 aromatic carbocycles. The zero-order chi connectivity index (χ0) is 13.1. The first-order chi connectivity index (χ1) is 9.34. The molecule has 1 N–H and O–H groups in total. The van der Waals surface area contributed by atoms with Crippen LogP contribution in [-0.2, 0) is 9.53 Å². The molecule has 0 bridgehead atoms. The number of rotatable bonds is 2. The van der Waals surface area contributed by atoms with E-state index in [1.54, 1.807) is 0 Å². The molecule has 0 aromatic heterocycles. The molecule has 1 atom stereocenters. The smallest absolute Gasteiger partial charge is 0.223 e. The fourth-order valence-corrected chi connectivity index (χ4v) is 2.87. The Morgan fingerprint density at radius 3 is 3.16 bits per heavy atom. The lowest BCUT2D eigenvalue weighted by Crippen LogP contribution is -2.34. The van der Waals surface area contributed by atoms with Crippen LogP contribution in [0.3, 0.4) is 0 Å². The highest BCUT2D eigenvalue weighted by Crippen LogP contribution is 2.33. The van der Waals surface area contributed by atoms with E-state index in [0.29, 0.717) is 18.9 Å². The Morgan fingerprint density at radius 1 is 1.32 bits per heavy atom. The van der Waals surface area contributed by atoms with Crippen molar-refractivity contribution in [2.24, 2.45) is 0 Å². The van der Waals surface area contributed by atoms with E-state index >= 15 is 0 Å². The zero-order valence-electron chi connectivity index (χ0n) is 11.1. The van der Waals surface area contributed by atoms with Gasteiger partial charge in [0.1, 0.15) is 0 Å². The van der Waals surface area contributed by atoms with E-state index in [1.165, 1.54) is 11.3 Å². The van der Waals surface area contributed by atoms with Crippen LogP contribution < -0.4 is 5.32 Å². The highest BCUT2D eigenvalue weighted by atomic mass is 16.5. The van der Waals surface area contributed by atoms with Crippen molar-refractivity contribution >= 4 is 11.6 Å². The molecule has 1 aromatic rings. The minimum Gasteiger partial charge on any atom is -0.384 e. The number of anilines is 1. The minimum absolute atomic E-state index is 0.258. The van der Waals surface area contributed by atoms with Gasteiger partial charge in [0.05, 0.1) is 6.61 Å². The first-order valence-electron chi connectivity index (χ1n) is 7.03. The number of carbonyl (C=O) groups is 1. The van der Waals surface area contributed by atoms with Crippen LogP contribution in [0.4, 0.5) is 5.69 Å². The number of hydrogen-bond donors (Lipinski definition) is 1. The van der Waals surface area contributed by atoms with Crippen molar-refractivity contribution < 1.29 is 9.53 Å². The highest BCUT2D eigenvalue weighted by Gasteiger charge is 2.26. The van der Waals surface area contributed by atoms with E-state index in [4.69, 9.17) is 4.74 Å². The molecule has 1 amide bonds. The molecule has 0 radical (unpaired) electrons. The second-order valence-corrected chi connectivity index (χ2v) is 5.22. The molecule has 0 saturated carbocycles. The van der Waals surface area contributed by atoms with Gasteiger partial charge in [-0.3, -0.25) is 4.79 Å². The summed E-state index contributed by atoms with van der Waals surface area (Å²) in [6, 6.07) is 8.28. The van der Waals surface area contributed by atoms with E-state index in [2.05, 4.69) is 17.4 Å². The van der Waals surface area contributed by atoms with Crippen molar-refractivity contribution in [2.45, 2.75) is 18.8 Å². The molecule has 1 saturated heterocycles. The Bertz CT molecular complexity index is 453. The number of nitrogens with zero attached hydrogens (tertiary/aromatic N) is 1. The van der Waals surface area contributed by atoms with Gasteiger partial charge in [-0.15, -0.1) is 0 Å². The normalized spacial score (nSPS) is 22.5. The number of fused-ring (bicyclic) bond motifs is 1. The summed E-state index contributed by atoms with van der Waals surface area (Å²) in [7, 11) is 0. The maximum absolute atomic E-state index is 12.4. The predicted octanol–water partition coefficient (Wildman–Crippen LogP) is 1.83. The van der Waals surface area contributed by atoms with Crippen LogP contribution in [0, 0.1) is 0 Å². The summed E-state index contributed by atoms with van der Waals surface area (Å²) in [6.45, 7) is 3.89. The van der Waals surface area contributed by atoms with Gasteiger partial charge in [-0.1, -0.05) is 18.2 Å². The summed E-state index contributed by atoms with van der Waals surface area (Å²) in [5.41, 5.74) is 2.46. The molecule has 4 nitrogen and oxygen atoms in total. The maximum Gasteiger partial charge on any atom is 0.223 e. The third-order valence-corrected chi connectivity index (χ3v) is 3.94. The van der Waals surface area contributed by atoms with Gasteiger partial charge in [0.15, 0.2) is 0 Å². The van der Waals surface area contributed by atoms with Crippen LogP contribution in [-0.4, -0.2) is 43.7 Å². The van der Waals surface area contributed by atoms with Crippen molar-refractivity contribution in [2.75, 3.05) is 38.2 Å². The van der Waals surface area contributed by atoms with Gasteiger partial charge in [-0.2, -0.15) is 0 Å². The largest absolute Gasteiger partial charge is 0.384 e. The van der Waals surface area contributed by atoms with Crippen molar-refractivity contribution in [1.82, 2.24) is 4.90 Å². The van der Waals surface area contributed by atoms with E-state index in [0.717, 1.165) is 32.7 Å². The van der Waals surface area contributed by atoms with Crippen LogP contribution in [0.2, 0.25) is 0 Å². The molecule has 1 unspecified atom stereocenters. The molecule has 3 rings (SSSR count). The molecule has 102 valence electrons. The fourth-order valence-electron chi connectivity index (χ4n) is 2.87. The first kappa shape index (κ1) is 12.5. The fraction of sp³-hybridized carbons (Fsp3) is 0.533. The van der Waals surface area contributed by atoms with Crippen LogP contribution >= 0.6 is 0 Å². The van der Waals surface area contributed by atoms with Crippen molar-refractivity contribution in [3.63, 3.8) is 0 Å². The lowest BCUT2D eigenvalue weighted by Gasteiger charge is -2.21. The molecular formula is C15H20N2O2. The SMILES string of the molecule is O=C(CC1CNc2ccccc21)N1CCCOCC1. The van der Waals surface area contributed by atoms with Crippen molar-refractivity contribution in [1.29, 1.82) is 0 Å². The topological polar surface area (TPSA) is 41.6 Å². The number of nitrogens with one attached hydrogen (secondary N) is 1. The zero-order valence-corrected chi connectivity index (χ0v) is 11.1. The molecule has 19 heavy (non-hydrogen) atoms. The van der Waals surface area contributed by atoms with Gasteiger partial charge in [-0.05, 0) is 18.1 Å². The summed E-state index contributed by atoms with van der Waals surface area (Å²) in [5, 5.41) is 3.38. The summed E-state index contributed by atoms with van der Waals surface area (Å²) in [6.07, 6.45) is 1.55. The molecule has 2 heterocycles. The van der Waals surface area contributed by atoms with Gasteiger partial charge < -0.3 is 15.0 Å². The number of carbonyl (C=O) groups excluding carboxylic acids is 1. The quantitative estimate of drug-likeness (QED) is 0.882. The Labute approximate surface area is 113 Å². The maximum atomic E-state index is 12.4. The Hall–Kier alpha value is -1.55. The van der Waals surface area contributed by atoms with E-state index in [-0.39, 0.29) is 5.91 Å². The van der Waals surface area contributed by atoms with Crippen LogP contribution in [0.1, 0.15) is 24.3 Å². The van der Waals surface area contributed by atoms with Crippen molar-refractivity contribution in [3.8, 4) is 0 Å². The average Bonchev–Trinajstić information content (AvgIpc) is 2.66. The Balaban J connectivity index is 1.64. The average molecular weight is 260 g/mol. The summed E-state index contributed by atoms with van der Waals surface area (Å²) < 4.78 is 5.39. The third-order valence-electron chi connectivity index (χ3n) is 3.94. The summed E-state index contributed by atoms with van der Waals surface area (Å²) in [4.78, 5) is 14.3. The lowest BCUT2D eigenvalue weighted by molar-refractivity contribution is -0.131. The number of ether oxygens (including phenoxy) is 1. The van der Waals surface area contributed by atoms with Crippen LogP contribution in [0.15, 0.2) is 24.3 Å². The summed E-state index contributed by atoms with van der Waals surface area (Å²) in [5.74, 6) is 0.571. The Kier molecular flexibility index (Phi) is 3.69. The number of hydrogen-bond acceptors (Lipinski definition) is 3. The molecule has 0 spiro atoms. The second-order valence-electron chi connectivity index (χ2n) is 5.22. The van der Waals surface area contributed by atoms with Gasteiger partial charge in [0.25, 0.3) is 0 Å². The van der Waals surface area contributed by atoms with Gasteiger partial charge >= 0.3 is 0 Å². The highest BCUT2D eigenvalue weighted by molar-refractivity contribution is 5.78. The standard InChI is InChI=1S/C15H20N2O2/c18-15(17-6-3-8-19-9-7-17)10-12-11-16-14-5-2-1-4-13(12)14/h1-2,4-5,12,16H,3,6-11H2. The lowest BCUT2D eigenvalue weighted by atomic mass is 9.97. The number of para-hydroxylation sites is 1. The molecule has 1 fully saturated rings.